The van der Waals surface area contributed by atoms with E-state index in [0.29, 0.717) is 19.0 Å². The molecule has 1 saturated carbocycles. The van der Waals surface area contributed by atoms with Gasteiger partial charge in [0.05, 0.1) is 0 Å². The quantitative estimate of drug-likeness (QED) is 0.545. The zero-order valence-corrected chi connectivity index (χ0v) is 14.3. The summed E-state index contributed by atoms with van der Waals surface area (Å²) in [5, 5.41) is 3.44. The molecule has 3 aliphatic rings. The Morgan fingerprint density at radius 1 is 1.09 bits per heavy atom. The monoisotopic (exact) mass is 330 g/mol. The van der Waals surface area contributed by atoms with Crippen molar-refractivity contribution < 1.29 is 13.2 Å². The lowest BCUT2D eigenvalue weighted by atomic mass is 9.91. The molecule has 1 aliphatic carbocycles. The molecule has 0 radical (unpaired) electrons. The molecule has 2 saturated heterocycles. The number of hydrogen-bond donors (Lipinski definition) is 2. The maximum Gasteiger partial charge on any atom is 0.203 e. The van der Waals surface area contributed by atoms with Gasteiger partial charge in [-0.05, 0) is 75.3 Å². The molecule has 2 aliphatic heterocycles. The first-order chi connectivity index (χ1) is 10.7. The SMILES string of the molecule is O=[SH](=O)N1CCC(COCC[C@@H]2C[C@@H]2C2CCNCC2)CC1. The van der Waals surface area contributed by atoms with E-state index in [-0.39, 0.29) is 0 Å². The van der Waals surface area contributed by atoms with E-state index in [4.69, 9.17) is 4.74 Å². The van der Waals surface area contributed by atoms with Crippen molar-refractivity contribution in [3.63, 3.8) is 0 Å². The Morgan fingerprint density at radius 3 is 2.50 bits per heavy atom. The molecule has 22 heavy (non-hydrogen) atoms. The summed E-state index contributed by atoms with van der Waals surface area (Å²) in [7, 11) is -2.38. The number of hydrogen-bond acceptors (Lipinski definition) is 4. The van der Waals surface area contributed by atoms with E-state index in [1.165, 1.54) is 38.8 Å². The molecule has 128 valence electrons. The van der Waals surface area contributed by atoms with Crippen molar-refractivity contribution in [1.82, 2.24) is 9.62 Å². The van der Waals surface area contributed by atoms with E-state index in [1.807, 2.05) is 0 Å². The van der Waals surface area contributed by atoms with Gasteiger partial charge in [0.1, 0.15) is 0 Å². The summed E-state index contributed by atoms with van der Waals surface area (Å²) in [6.45, 7) is 5.46. The molecule has 0 aromatic rings. The average Bonchev–Trinajstić information content (AvgIpc) is 3.32. The third kappa shape index (κ3) is 4.66. The molecule has 6 heteroatoms. The van der Waals surface area contributed by atoms with E-state index in [9.17, 15) is 8.42 Å². The normalized spacial score (nSPS) is 31.7. The molecular formula is C16H30N2O3S. The number of piperidine rings is 2. The van der Waals surface area contributed by atoms with E-state index < -0.39 is 10.9 Å². The number of rotatable bonds is 7. The molecule has 3 fully saturated rings. The highest BCUT2D eigenvalue weighted by atomic mass is 32.2. The molecule has 3 rings (SSSR count). The van der Waals surface area contributed by atoms with Gasteiger partial charge in [0.15, 0.2) is 0 Å². The molecule has 0 amide bonds. The van der Waals surface area contributed by atoms with Crippen molar-refractivity contribution in [2.45, 2.75) is 38.5 Å². The molecule has 0 aromatic carbocycles. The van der Waals surface area contributed by atoms with E-state index in [2.05, 4.69) is 5.32 Å². The number of nitrogens with one attached hydrogen (secondary N) is 1. The van der Waals surface area contributed by atoms with Gasteiger partial charge in [-0.3, -0.25) is 0 Å². The summed E-state index contributed by atoms with van der Waals surface area (Å²) < 4.78 is 29.2. The van der Waals surface area contributed by atoms with Crippen LogP contribution in [0.5, 0.6) is 0 Å². The summed E-state index contributed by atoms with van der Waals surface area (Å²) >= 11 is 0. The van der Waals surface area contributed by atoms with Gasteiger partial charge >= 0.3 is 0 Å². The van der Waals surface area contributed by atoms with Gasteiger partial charge < -0.3 is 10.1 Å². The second-order valence-electron chi connectivity index (χ2n) is 7.25. The van der Waals surface area contributed by atoms with Crippen molar-refractivity contribution in [2.24, 2.45) is 23.7 Å². The first-order valence-electron chi connectivity index (χ1n) is 8.91. The highest BCUT2D eigenvalue weighted by molar-refractivity contribution is 7.69. The lowest BCUT2D eigenvalue weighted by Crippen LogP contribution is -2.34. The highest BCUT2D eigenvalue weighted by Crippen LogP contribution is 2.49. The van der Waals surface area contributed by atoms with Crippen LogP contribution in [-0.4, -0.2) is 52.1 Å². The minimum Gasteiger partial charge on any atom is -0.381 e. The van der Waals surface area contributed by atoms with Gasteiger partial charge in [0.2, 0.25) is 10.9 Å². The molecular weight excluding hydrogens is 300 g/mol. The van der Waals surface area contributed by atoms with Crippen molar-refractivity contribution in [3.8, 4) is 0 Å². The predicted molar refractivity (Wildman–Crippen MR) is 87.2 cm³/mol. The zero-order valence-electron chi connectivity index (χ0n) is 13.4. The second kappa shape index (κ2) is 8.08. The largest absolute Gasteiger partial charge is 0.381 e. The Kier molecular flexibility index (Phi) is 6.13. The number of nitrogens with zero attached hydrogens (tertiary/aromatic N) is 1. The molecule has 2 heterocycles. The van der Waals surface area contributed by atoms with Crippen molar-refractivity contribution >= 4 is 10.9 Å². The van der Waals surface area contributed by atoms with Crippen LogP contribution >= 0.6 is 0 Å². The van der Waals surface area contributed by atoms with Crippen LogP contribution in [-0.2, 0) is 15.6 Å². The first-order valence-corrected chi connectivity index (χ1v) is 10.0. The van der Waals surface area contributed by atoms with Gasteiger partial charge in [-0.25, -0.2) is 12.7 Å². The fraction of sp³-hybridized carbons (Fsp3) is 1.00. The molecule has 0 spiro atoms. The zero-order chi connectivity index (χ0) is 15.4. The molecule has 0 bridgehead atoms. The Bertz CT molecular complexity index is 408. The maximum absolute atomic E-state index is 10.9. The van der Waals surface area contributed by atoms with Gasteiger partial charge in [-0.15, -0.1) is 0 Å². The minimum atomic E-state index is -2.38. The second-order valence-corrected chi connectivity index (χ2v) is 8.29. The Labute approximate surface area is 135 Å². The minimum absolute atomic E-state index is 0.547. The average molecular weight is 330 g/mol. The Morgan fingerprint density at radius 2 is 1.82 bits per heavy atom. The van der Waals surface area contributed by atoms with E-state index in [1.54, 1.807) is 4.31 Å². The van der Waals surface area contributed by atoms with Crippen LogP contribution in [0.25, 0.3) is 0 Å². The number of ether oxygens (including phenoxy) is 1. The van der Waals surface area contributed by atoms with Gasteiger partial charge in [0.25, 0.3) is 0 Å². The molecule has 1 N–H and O–H groups in total. The third-order valence-corrected chi connectivity index (χ3v) is 6.64. The highest BCUT2D eigenvalue weighted by Gasteiger charge is 2.42. The third-order valence-electron chi connectivity index (χ3n) is 5.77. The summed E-state index contributed by atoms with van der Waals surface area (Å²) in [5.74, 6) is 3.40. The van der Waals surface area contributed by atoms with Crippen molar-refractivity contribution in [3.05, 3.63) is 0 Å². The molecule has 0 unspecified atom stereocenters. The first kappa shape index (κ1) is 16.7. The smallest absolute Gasteiger partial charge is 0.203 e. The summed E-state index contributed by atoms with van der Waals surface area (Å²) in [5.41, 5.74) is 0. The van der Waals surface area contributed by atoms with Gasteiger partial charge in [-0.2, -0.15) is 0 Å². The fourth-order valence-electron chi connectivity index (χ4n) is 4.19. The topological polar surface area (TPSA) is 58.6 Å². The Hall–Kier alpha value is -0.170. The van der Waals surface area contributed by atoms with Crippen LogP contribution in [0.3, 0.4) is 0 Å². The summed E-state index contributed by atoms with van der Waals surface area (Å²) in [6, 6.07) is 0. The van der Waals surface area contributed by atoms with Crippen LogP contribution in [0.15, 0.2) is 0 Å². The molecule has 5 nitrogen and oxygen atoms in total. The predicted octanol–water partition coefficient (Wildman–Crippen LogP) is 1.27. The number of thiol groups is 1. The standard InChI is InChI=1S/C16H30N2O3S/c19-22(20)18-8-3-13(4-9-18)12-21-10-5-15-11-16(15)14-1-6-17-7-2-14/h13-17,22H,1-12H2/t15-,16-/m1/s1. The van der Waals surface area contributed by atoms with Gasteiger partial charge in [0, 0.05) is 26.3 Å². The van der Waals surface area contributed by atoms with E-state index in [0.717, 1.165) is 43.8 Å². The summed E-state index contributed by atoms with van der Waals surface area (Å²) in [4.78, 5) is 0. The van der Waals surface area contributed by atoms with Crippen LogP contribution in [0, 0.1) is 23.7 Å². The fourth-order valence-corrected chi connectivity index (χ4v) is 4.74. The van der Waals surface area contributed by atoms with Crippen LogP contribution in [0.4, 0.5) is 0 Å². The maximum atomic E-state index is 10.9. The van der Waals surface area contributed by atoms with E-state index >= 15 is 0 Å². The lowest BCUT2D eigenvalue weighted by Gasteiger charge is -2.27. The van der Waals surface area contributed by atoms with Crippen LogP contribution in [0.2, 0.25) is 0 Å². The van der Waals surface area contributed by atoms with Crippen LogP contribution in [0.1, 0.15) is 38.5 Å². The Balaban J connectivity index is 1.23. The molecule has 0 aromatic heterocycles. The van der Waals surface area contributed by atoms with Gasteiger partial charge in [-0.1, -0.05) is 0 Å². The van der Waals surface area contributed by atoms with Crippen LogP contribution < -0.4 is 5.32 Å². The van der Waals surface area contributed by atoms with Crippen molar-refractivity contribution in [1.29, 1.82) is 0 Å². The summed E-state index contributed by atoms with van der Waals surface area (Å²) in [6.07, 6.45) is 7.27. The molecule has 2 atom stereocenters. The van der Waals surface area contributed by atoms with Crippen molar-refractivity contribution in [2.75, 3.05) is 39.4 Å². The lowest BCUT2D eigenvalue weighted by molar-refractivity contribution is 0.0748.